The fourth-order valence-electron chi connectivity index (χ4n) is 6.37. The molecular formula is C29H27N3O4. The van der Waals surface area contributed by atoms with Crippen LogP contribution in [0.4, 0.5) is 5.69 Å². The molecule has 0 saturated carbocycles. The molecule has 6 rings (SSSR count). The van der Waals surface area contributed by atoms with Crippen LogP contribution in [0.5, 0.6) is 0 Å². The molecule has 2 amide bonds. The minimum absolute atomic E-state index is 0.220. The van der Waals surface area contributed by atoms with Crippen molar-refractivity contribution in [2.45, 2.75) is 57.2 Å². The second-order valence-corrected chi connectivity index (χ2v) is 10.6. The van der Waals surface area contributed by atoms with E-state index in [1.165, 1.54) is 4.90 Å². The smallest absolute Gasteiger partial charge is 0.240 e. The highest BCUT2D eigenvalue weighted by Crippen LogP contribution is 2.62. The molecule has 182 valence electrons. The summed E-state index contributed by atoms with van der Waals surface area (Å²) in [4.78, 5) is 33.4. The third-order valence-electron chi connectivity index (χ3n) is 8.11. The third kappa shape index (κ3) is 3.11. The van der Waals surface area contributed by atoms with Crippen LogP contribution in [0.1, 0.15) is 63.2 Å². The number of anilines is 1. The van der Waals surface area contributed by atoms with Gasteiger partial charge in [0, 0.05) is 16.7 Å². The Morgan fingerprint density at radius 1 is 1.14 bits per heavy atom. The molecule has 36 heavy (non-hydrogen) atoms. The molecule has 0 radical (unpaired) electrons. The number of oxazole rings is 1. The van der Waals surface area contributed by atoms with Crippen molar-refractivity contribution >= 4 is 34.4 Å². The van der Waals surface area contributed by atoms with Crippen LogP contribution in [0, 0.1) is 23.2 Å². The summed E-state index contributed by atoms with van der Waals surface area (Å²) in [5, 5.41) is 11.0. The molecule has 0 N–H and O–H groups in total. The summed E-state index contributed by atoms with van der Waals surface area (Å²) < 4.78 is 12.3. The van der Waals surface area contributed by atoms with Crippen LogP contribution in [0.2, 0.25) is 0 Å². The quantitative estimate of drug-likeness (QED) is 0.456. The van der Waals surface area contributed by atoms with E-state index in [1.807, 2.05) is 57.2 Å². The van der Waals surface area contributed by atoms with Gasteiger partial charge in [-0.05, 0) is 44.4 Å². The van der Waals surface area contributed by atoms with Gasteiger partial charge in [0.25, 0.3) is 0 Å². The van der Waals surface area contributed by atoms with Crippen molar-refractivity contribution < 1.29 is 18.7 Å². The summed E-state index contributed by atoms with van der Waals surface area (Å²) in [7, 11) is 0. The molecule has 1 aromatic heterocycles. The monoisotopic (exact) mass is 481 g/mol. The van der Waals surface area contributed by atoms with Crippen molar-refractivity contribution in [2.24, 2.45) is 11.8 Å². The maximum Gasteiger partial charge on any atom is 0.240 e. The van der Waals surface area contributed by atoms with Crippen LogP contribution in [-0.4, -0.2) is 28.0 Å². The molecule has 3 saturated heterocycles. The van der Waals surface area contributed by atoms with E-state index in [9.17, 15) is 14.9 Å². The van der Waals surface area contributed by atoms with E-state index >= 15 is 0 Å². The van der Waals surface area contributed by atoms with Crippen LogP contribution in [0.15, 0.2) is 53.1 Å². The number of hydrogen-bond acceptors (Lipinski definition) is 6. The Morgan fingerprint density at radius 2 is 1.89 bits per heavy atom. The highest BCUT2D eigenvalue weighted by molar-refractivity contribution is 6.26. The summed E-state index contributed by atoms with van der Waals surface area (Å²) >= 11 is 0. The van der Waals surface area contributed by atoms with E-state index in [2.05, 4.69) is 11.1 Å². The molecule has 3 aliphatic heterocycles. The summed E-state index contributed by atoms with van der Waals surface area (Å²) in [5.41, 5.74) is -0.384. The van der Waals surface area contributed by atoms with Gasteiger partial charge < -0.3 is 9.15 Å². The first kappa shape index (κ1) is 22.7. The molecule has 4 atom stereocenters. The molecule has 2 aromatic carbocycles. The average Bonchev–Trinajstić information content (AvgIpc) is 3.59. The largest absolute Gasteiger partial charge is 0.442 e. The SMILES string of the molecule is CC(C)c1cnc(/C=C/C[C@]23CC[C@](C)(O2)[C@@H]2C(=O)N(c4ccc(C#N)c5ccccc45)C(=O)[C@@H]23)o1. The van der Waals surface area contributed by atoms with Crippen molar-refractivity contribution in [3.63, 3.8) is 0 Å². The van der Waals surface area contributed by atoms with Crippen molar-refractivity contribution in [2.75, 3.05) is 4.90 Å². The molecule has 7 heteroatoms. The number of amides is 2. The lowest BCUT2D eigenvalue weighted by atomic mass is 9.67. The third-order valence-corrected chi connectivity index (χ3v) is 8.11. The number of hydrogen-bond donors (Lipinski definition) is 0. The fourth-order valence-corrected chi connectivity index (χ4v) is 6.37. The Bertz CT molecular complexity index is 1480. The number of nitrogens with zero attached hydrogens (tertiary/aromatic N) is 3. The van der Waals surface area contributed by atoms with Gasteiger partial charge >= 0.3 is 0 Å². The zero-order valence-electron chi connectivity index (χ0n) is 20.5. The second kappa shape index (κ2) is 7.87. The number of nitriles is 1. The number of carbonyl (C=O) groups is 2. The lowest BCUT2D eigenvalue weighted by molar-refractivity contribution is -0.130. The number of ether oxygens (including phenoxy) is 1. The summed E-state index contributed by atoms with van der Waals surface area (Å²) in [6.45, 7) is 6.05. The Hall–Kier alpha value is -3.76. The van der Waals surface area contributed by atoms with Gasteiger partial charge in [-0.1, -0.05) is 44.2 Å². The molecule has 0 spiro atoms. The Kier molecular flexibility index (Phi) is 4.96. The van der Waals surface area contributed by atoms with Gasteiger partial charge in [-0.15, -0.1) is 0 Å². The standard InChI is InChI=1S/C29H27N3O4/c1-17(2)22-16-31-23(35-22)9-6-12-29-14-13-28(3,36-29)24-25(29)27(34)32(26(24)33)21-11-10-18(15-30)19-7-4-5-8-20(19)21/h4-11,16-17,24-25H,12-14H2,1-3H3/b9-6+/t24-,25+,28-,29+/m0/s1. The molecule has 4 heterocycles. The number of fused-ring (bicyclic) bond motifs is 6. The number of imide groups is 1. The van der Waals surface area contributed by atoms with Gasteiger partial charge in [0.15, 0.2) is 0 Å². The second-order valence-electron chi connectivity index (χ2n) is 10.6. The Morgan fingerprint density at radius 3 is 2.61 bits per heavy atom. The van der Waals surface area contributed by atoms with Crippen LogP contribution in [-0.2, 0) is 14.3 Å². The van der Waals surface area contributed by atoms with Gasteiger partial charge in [-0.2, -0.15) is 5.26 Å². The predicted octanol–water partition coefficient (Wildman–Crippen LogP) is 5.35. The zero-order chi connectivity index (χ0) is 25.2. The van der Waals surface area contributed by atoms with Gasteiger partial charge in [-0.25, -0.2) is 9.88 Å². The van der Waals surface area contributed by atoms with Gasteiger partial charge in [0.2, 0.25) is 17.7 Å². The summed E-state index contributed by atoms with van der Waals surface area (Å²) in [5.74, 6) is 0.0517. The molecular weight excluding hydrogens is 454 g/mol. The molecule has 3 aliphatic rings. The van der Waals surface area contributed by atoms with E-state index in [4.69, 9.17) is 9.15 Å². The zero-order valence-corrected chi connectivity index (χ0v) is 20.5. The first-order chi connectivity index (χ1) is 17.3. The highest BCUT2D eigenvalue weighted by atomic mass is 16.5. The molecule has 3 fully saturated rings. The van der Waals surface area contributed by atoms with Crippen molar-refractivity contribution in [3.8, 4) is 6.07 Å². The van der Waals surface area contributed by atoms with E-state index in [-0.39, 0.29) is 17.7 Å². The van der Waals surface area contributed by atoms with Crippen LogP contribution in [0.25, 0.3) is 16.8 Å². The van der Waals surface area contributed by atoms with Crippen molar-refractivity contribution in [3.05, 3.63) is 65.9 Å². The van der Waals surface area contributed by atoms with E-state index in [0.29, 0.717) is 30.0 Å². The van der Waals surface area contributed by atoms with Gasteiger partial charge in [0.1, 0.15) is 5.76 Å². The molecule has 3 aromatic rings. The van der Waals surface area contributed by atoms with E-state index in [0.717, 1.165) is 23.0 Å². The summed E-state index contributed by atoms with van der Waals surface area (Å²) in [6.07, 6.45) is 7.42. The first-order valence-electron chi connectivity index (χ1n) is 12.4. The lowest BCUT2D eigenvalue weighted by Gasteiger charge is -2.30. The van der Waals surface area contributed by atoms with Crippen LogP contribution >= 0.6 is 0 Å². The Labute approximate surface area is 209 Å². The fraction of sp³-hybridized carbons (Fsp3) is 0.379. The number of benzene rings is 2. The first-order valence-corrected chi connectivity index (χ1v) is 12.4. The maximum atomic E-state index is 13.9. The molecule has 0 aliphatic carbocycles. The van der Waals surface area contributed by atoms with Gasteiger partial charge in [0.05, 0.1) is 46.6 Å². The Balaban J connectivity index is 1.35. The predicted molar refractivity (Wildman–Crippen MR) is 134 cm³/mol. The highest BCUT2D eigenvalue weighted by Gasteiger charge is 2.73. The normalized spacial score (nSPS) is 29.1. The lowest BCUT2D eigenvalue weighted by Crippen LogP contribution is -2.41. The topological polar surface area (TPSA) is 96.4 Å². The van der Waals surface area contributed by atoms with Crippen molar-refractivity contribution in [1.29, 1.82) is 5.26 Å². The number of rotatable bonds is 5. The van der Waals surface area contributed by atoms with Gasteiger partial charge in [-0.3, -0.25) is 9.59 Å². The van der Waals surface area contributed by atoms with Crippen molar-refractivity contribution in [1.82, 2.24) is 4.98 Å². The molecule has 0 unspecified atom stereocenters. The van der Waals surface area contributed by atoms with Crippen LogP contribution in [0.3, 0.4) is 0 Å². The molecule has 2 bridgehead atoms. The van der Waals surface area contributed by atoms with E-state index in [1.54, 1.807) is 18.3 Å². The minimum atomic E-state index is -0.743. The minimum Gasteiger partial charge on any atom is -0.442 e. The summed E-state index contributed by atoms with van der Waals surface area (Å²) in [6, 6.07) is 13.0. The van der Waals surface area contributed by atoms with Crippen LogP contribution < -0.4 is 4.90 Å². The maximum absolute atomic E-state index is 13.9. The van der Waals surface area contributed by atoms with E-state index < -0.39 is 23.0 Å². The number of aromatic nitrogens is 1. The molecule has 7 nitrogen and oxygen atoms in total. The average molecular weight is 482 g/mol. The number of carbonyl (C=O) groups excluding carboxylic acids is 2.